The van der Waals surface area contributed by atoms with Crippen molar-refractivity contribution >= 4 is 23.6 Å². The Kier molecular flexibility index (Phi) is 6.98. The zero-order chi connectivity index (χ0) is 26.3. The first-order chi connectivity index (χ1) is 17.5. The average Bonchev–Trinajstić information content (AvgIpc) is 2.85. The van der Waals surface area contributed by atoms with Crippen LogP contribution < -0.4 is 15.5 Å². The van der Waals surface area contributed by atoms with Crippen LogP contribution in [0.15, 0.2) is 24.3 Å². The average molecular weight is 511 g/mol. The van der Waals surface area contributed by atoms with Gasteiger partial charge in [-0.3, -0.25) is 19.8 Å². The fourth-order valence-electron chi connectivity index (χ4n) is 6.78. The van der Waals surface area contributed by atoms with E-state index in [1.54, 1.807) is 0 Å². The number of piperidine rings is 1. The highest BCUT2D eigenvalue weighted by atomic mass is 16.6. The van der Waals surface area contributed by atoms with Gasteiger partial charge in [-0.25, -0.2) is 4.79 Å². The van der Waals surface area contributed by atoms with E-state index >= 15 is 0 Å². The Morgan fingerprint density at radius 2 is 1.62 bits per heavy atom. The van der Waals surface area contributed by atoms with E-state index < -0.39 is 5.60 Å². The SMILES string of the molecule is CC(C)(C)OC(=O)NC12CCC(CN3CCN(c4ccc(C5CCC(=O)NC5=O)cc4)CC3)(CC1)CC2. The molecule has 5 aliphatic rings. The molecule has 0 aromatic heterocycles. The lowest BCUT2D eigenvalue weighted by molar-refractivity contribution is -0.134. The molecular formula is C29H42N4O4. The minimum Gasteiger partial charge on any atom is -0.444 e. The summed E-state index contributed by atoms with van der Waals surface area (Å²) in [6.45, 7) is 11.0. The van der Waals surface area contributed by atoms with Gasteiger partial charge < -0.3 is 15.0 Å². The number of benzene rings is 1. The number of nitrogens with zero attached hydrogens (tertiary/aromatic N) is 2. The number of carbonyl (C=O) groups is 3. The summed E-state index contributed by atoms with van der Waals surface area (Å²) in [7, 11) is 0. The normalized spacial score (nSPS) is 30.7. The van der Waals surface area contributed by atoms with Crippen molar-refractivity contribution in [2.75, 3.05) is 37.6 Å². The predicted molar refractivity (Wildman–Crippen MR) is 142 cm³/mol. The molecule has 0 spiro atoms. The smallest absolute Gasteiger partial charge is 0.408 e. The molecule has 8 heteroatoms. The standard InChI is InChI=1S/C29H42N4O4/c1-27(2,3)37-26(36)31-29-13-10-28(11-14-29,12-15-29)20-32-16-18-33(19-17-32)22-6-4-21(5-7-22)23-8-9-24(34)30-25(23)35/h4-7,23H,8-20H2,1-3H3,(H,31,36)(H,30,34,35). The molecule has 2 saturated heterocycles. The number of ether oxygens (including phenoxy) is 1. The van der Waals surface area contributed by atoms with Crippen molar-refractivity contribution in [2.45, 2.75) is 89.2 Å². The molecule has 2 heterocycles. The molecule has 5 fully saturated rings. The van der Waals surface area contributed by atoms with E-state index in [1.165, 1.54) is 24.9 Å². The van der Waals surface area contributed by atoms with E-state index in [9.17, 15) is 14.4 Å². The number of anilines is 1. The lowest BCUT2D eigenvalue weighted by atomic mass is 9.57. The van der Waals surface area contributed by atoms with Crippen LogP contribution in [0.1, 0.15) is 83.6 Å². The molecule has 202 valence electrons. The zero-order valence-electron chi connectivity index (χ0n) is 22.6. The summed E-state index contributed by atoms with van der Waals surface area (Å²) in [6.07, 6.45) is 7.37. The maximum Gasteiger partial charge on any atom is 0.408 e. The maximum atomic E-state index is 12.4. The molecule has 1 aromatic carbocycles. The van der Waals surface area contributed by atoms with E-state index in [4.69, 9.17) is 4.74 Å². The van der Waals surface area contributed by atoms with Gasteiger partial charge >= 0.3 is 6.09 Å². The van der Waals surface area contributed by atoms with E-state index in [2.05, 4.69) is 32.6 Å². The van der Waals surface area contributed by atoms with Gasteiger partial charge in [0.2, 0.25) is 11.8 Å². The summed E-state index contributed by atoms with van der Waals surface area (Å²) in [5.74, 6) is -0.583. The first-order valence-electron chi connectivity index (χ1n) is 14.0. The van der Waals surface area contributed by atoms with Gasteiger partial charge in [-0.2, -0.15) is 0 Å². The monoisotopic (exact) mass is 510 g/mol. The van der Waals surface area contributed by atoms with E-state index in [0.29, 0.717) is 18.3 Å². The summed E-state index contributed by atoms with van der Waals surface area (Å²) >= 11 is 0. The third kappa shape index (κ3) is 5.95. The van der Waals surface area contributed by atoms with Gasteiger partial charge in [-0.05, 0) is 88.8 Å². The van der Waals surface area contributed by atoms with Crippen molar-refractivity contribution in [1.29, 1.82) is 0 Å². The summed E-state index contributed by atoms with van der Waals surface area (Å²) in [5.41, 5.74) is 2.01. The number of carbonyl (C=O) groups excluding carboxylic acids is 3. The lowest BCUT2D eigenvalue weighted by Crippen LogP contribution is -2.60. The van der Waals surface area contributed by atoms with Crippen molar-refractivity contribution < 1.29 is 19.1 Å². The van der Waals surface area contributed by atoms with Crippen LogP contribution in [0.25, 0.3) is 0 Å². The molecule has 2 bridgehead atoms. The molecule has 2 N–H and O–H groups in total. The zero-order valence-corrected chi connectivity index (χ0v) is 22.6. The number of alkyl carbamates (subject to hydrolysis) is 1. The van der Waals surface area contributed by atoms with Gasteiger partial charge in [0.25, 0.3) is 0 Å². The van der Waals surface area contributed by atoms with Gasteiger partial charge in [0.15, 0.2) is 0 Å². The summed E-state index contributed by atoms with van der Waals surface area (Å²) in [4.78, 5) is 41.1. The first kappa shape index (κ1) is 26.0. The number of nitrogens with one attached hydrogen (secondary N) is 2. The highest BCUT2D eigenvalue weighted by Gasteiger charge is 2.50. The number of hydrogen-bond acceptors (Lipinski definition) is 6. The quantitative estimate of drug-likeness (QED) is 0.583. The topological polar surface area (TPSA) is 91.0 Å². The van der Waals surface area contributed by atoms with Gasteiger partial charge in [0, 0.05) is 50.4 Å². The molecule has 8 nitrogen and oxygen atoms in total. The summed E-state index contributed by atoms with van der Waals surface area (Å²) in [6, 6.07) is 8.32. The van der Waals surface area contributed by atoms with Gasteiger partial charge in [0.1, 0.15) is 5.60 Å². The first-order valence-corrected chi connectivity index (χ1v) is 14.0. The van der Waals surface area contributed by atoms with E-state index in [1.807, 2.05) is 32.9 Å². The molecule has 0 radical (unpaired) electrons. The van der Waals surface area contributed by atoms with E-state index in [0.717, 1.165) is 57.5 Å². The molecule has 1 atom stereocenters. The second-order valence-corrected chi connectivity index (χ2v) is 12.8. The minimum absolute atomic E-state index is 0.0806. The molecule has 3 saturated carbocycles. The molecule has 37 heavy (non-hydrogen) atoms. The third-order valence-corrected chi connectivity index (χ3v) is 9.00. The number of fused-ring (bicyclic) bond motifs is 3. The third-order valence-electron chi connectivity index (χ3n) is 9.00. The summed E-state index contributed by atoms with van der Waals surface area (Å²) < 4.78 is 5.53. The number of rotatable bonds is 5. The van der Waals surface area contributed by atoms with Crippen molar-refractivity contribution in [3.63, 3.8) is 0 Å². The van der Waals surface area contributed by atoms with Crippen LogP contribution in [0, 0.1) is 5.41 Å². The fraction of sp³-hybridized carbons (Fsp3) is 0.690. The molecule has 6 rings (SSSR count). The van der Waals surface area contributed by atoms with Crippen LogP contribution in [0.3, 0.4) is 0 Å². The molecule has 3 aliphatic carbocycles. The molecule has 2 aliphatic heterocycles. The number of amides is 3. The van der Waals surface area contributed by atoms with Crippen molar-refractivity contribution in [3.05, 3.63) is 29.8 Å². The number of hydrogen-bond donors (Lipinski definition) is 2. The molecule has 1 unspecified atom stereocenters. The molecular weight excluding hydrogens is 468 g/mol. The van der Waals surface area contributed by atoms with Crippen LogP contribution in [-0.2, 0) is 14.3 Å². The molecule has 1 aromatic rings. The predicted octanol–water partition coefficient (Wildman–Crippen LogP) is 3.95. The van der Waals surface area contributed by atoms with Crippen LogP contribution in [0.2, 0.25) is 0 Å². The van der Waals surface area contributed by atoms with E-state index in [-0.39, 0.29) is 29.4 Å². The minimum atomic E-state index is -0.467. The Labute approximate surface area is 220 Å². The van der Waals surface area contributed by atoms with Crippen LogP contribution in [-0.4, -0.2) is 66.7 Å². The van der Waals surface area contributed by atoms with Crippen molar-refractivity contribution in [3.8, 4) is 0 Å². The summed E-state index contributed by atoms with van der Waals surface area (Å²) in [5, 5.41) is 5.69. The van der Waals surface area contributed by atoms with Crippen molar-refractivity contribution in [1.82, 2.24) is 15.5 Å². The van der Waals surface area contributed by atoms with Crippen LogP contribution in [0.5, 0.6) is 0 Å². The van der Waals surface area contributed by atoms with Gasteiger partial charge in [-0.1, -0.05) is 12.1 Å². The van der Waals surface area contributed by atoms with Crippen molar-refractivity contribution in [2.24, 2.45) is 5.41 Å². The second-order valence-electron chi connectivity index (χ2n) is 12.8. The van der Waals surface area contributed by atoms with Crippen LogP contribution in [0.4, 0.5) is 10.5 Å². The Morgan fingerprint density at radius 1 is 1.00 bits per heavy atom. The number of imide groups is 1. The second kappa shape index (κ2) is 9.93. The number of piperazine rings is 1. The molecule has 3 amide bonds. The fourth-order valence-corrected chi connectivity index (χ4v) is 6.78. The highest BCUT2D eigenvalue weighted by Crippen LogP contribution is 2.52. The van der Waals surface area contributed by atoms with Gasteiger partial charge in [-0.15, -0.1) is 0 Å². The lowest BCUT2D eigenvalue weighted by Gasteiger charge is -2.55. The van der Waals surface area contributed by atoms with Gasteiger partial charge in [0.05, 0.1) is 5.92 Å². The maximum absolute atomic E-state index is 12.4. The Bertz CT molecular complexity index is 999. The Balaban J connectivity index is 1.09. The Hall–Kier alpha value is -2.61. The van der Waals surface area contributed by atoms with Crippen LogP contribution >= 0.6 is 0 Å². The largest absolute Gasteiger partial charge is 0.444 e. The Morgan fingerprint density at radius 3 is 2.19 bits per heavy atom. The highest BCUT2D eigenvalue weighted by molar-refractivity contribution is 6.00.